The molecule has 5 rings (SSSR count). The van der Waals surface area contributed by atoms with E-state index in [1.54, 1.807) is 55.6 Å². The Morgan fingerprint density at radius 1 is 0.971 bits per heavy atom. The van der Waals surface area contributed by atoms with Gasteiger partial charge in [-0.25, -0.2) is 0 Å². The fourth-order valence-corrected chi connectivity index (χ4v) is 3.85. The largest absolute Gasteiger partial charge is 0.496 e. The van der Waals surface area contributed by atoms with Crippen LogP contribution in [-0.2, 0) is 0 Å². The Labute approximate surface area is 199 Å². The monoisotopic (exact) mass is 468 g/mol. The summed E-state index contributed by atoms with van der Waals surface area (Å²) in [6.45, 7) is 1.77. The molecule has 0 fully saturated rings. The predicted molar refractivity (Wildman–Crippen MR) is 130 cm³/mol. The van der Waals surface area contributed by atoms with Crippen LogP contribution in [0.2, 0.25) is 0 Å². The Balaban J connectivity index is 1.49. The number of primary amides is 1. The van der Waals surface area contributed by atoms with E-state index in [1.165, 1.54) is 7.11 Å². The molecular weight excluding hydrogens is 448 g/mol. The zero-order valence-electron chi connectivity index (χ0n) is 18.9. The number of ether oxygens (including phenoxy) is 2. The number of fused-ring (bicyclic) bond motifs is 2. The minimum Gasteiger partial charge on any atom is -0.496 e. The summed E-state index contributed by atoms with van der Waals surface area (Å²) in [4.78, 5) is 29.0. The Bertz CT molecular complexity index is 1610. The van der Waals surface area contributed by atoms with Crippen molar-refractivity contribution in [2.75, 3.05) is 12.4 Å². The highest BCUT2D eigenvalue weighted by Crippen LogP contribution is 2.34. The van der Waals surface area contributed by atoms with E-state index in [4.69, 9.17) is 19.7 Å². The lowest BCUT2D eigenvalue weighted by atomic mass is 10.0. The van der Waals surface area contributed by atoms with Gasteiger partial charge in [-0.3, -0.25) is 19.9 Å². The molecule has 35 heavy (non-hydrogen) atoms. The first kappa shape index (κ1) is 21.9. The van der Waals surface area contributed by atoms with Crippen molar-refractivity contribution >= 4 is 39.4 Å². The number of methoxy groups -OCH3 is 1. The van der Waals surface area contributed by atoms with Gasteiger partial charge in [-0.1, -0.05) is 17.3 Å². The Morgan fingerprint density at radius 3 is 2.57 bits per heavy atom. The average Bonchev–Trinajstić information content (AvgIpc) is 3.27. The van der Waals surface area contributed by atoms with Crippen molar-refractivity contribution in [3.05, 3.63) is 83.7 Å². The molecule has 2 heterocycles. The van der Waals surface area contributed by atoms with E-state index in [0.717, 1.165) is 10.8 Å². The average molecular weight is 468 g/mol. The van der Waals surface area contributed by atoms with Gasteiger partial charge >= 0.3 is 0 Å². The fourth-order valence-electron chi connectivity index (χ4n) is 3.85. The van der Waals surface area contributed by atoms with Crippen molar-refractivity contribution in [3.63, 3.8) is 0 Å². The maximum Gasteiger partial charge on any atom is 0.258 e. The van der Waals surface area contributed by atoms with Crippen LogP contribution < -0.4 is 20.5 Å². The van der Waals surface area contributed by atoms with E-state index in [0.29, 0.717) is 39.4 Å². The van der Waals surface area contributed by atoms with Crippen LogP contribution >= 0.6 is 0 Å². The molecule has 0 saturated carbocycles. The molecule has 5 aromatic rings. The zero-order valence-corrected chi connectivity index (χ0v) is 18.9. The highest BCUT2D eigenvalue weighted by molar-refractivity contribution is 6.12. The number of aryl methyl sites for hydroxylation is 1. The number of hydrogen-bond donors (Lipinski definition) is 2. The van der Waals surface area contributed by atoms with E-state index in [1.807, 2.05) is 18.2 Å². The lowest BCUT2D eigenvalue weighted by Gasteiger charge is -2.13. The molecule has 0 saturated heterocycles. The van der Waals surface area contributed by atoms with Crippen molar-refractivity contribution in [2.24, 2.45) is 5.73 Å². The van der Waals surface area contributed by atoms with Gasteiger partial charge in [0.2, 0.25) is 5.88 Å². The summed E-state index contributed by atoms with van der Waals surface area (Å²) in [7, 11) is 1.46. The molecule has 3 aromatic carbocycles. The zero-order chi connectivity index (χ0) is 24.5. The summed E-state index contributed by atoms with van der Waals surface area (Å²) in [5.41, 5.74) is 7.49. The quantitative estimate of drug-likeness (QED) is 0.365. The first-order valence-corrected chi connectivity index (χ1v) is 10.6. The van der Waals surface area contributed by atoms with Crippen molar-refractivity contribution in [2.45, 2.75) is 6.92 Å². The highest BCUT2D eigenvalue weighted by Gasteiger charge is 2.16. The van der Waals surface area contributed by atoms with Gasteiger partial charge in [0.15, 0.2) is 0 Å². The summed E-state index contributed by atoms with van der Waals surface area (Å²) >= 11 is 0. The van der Waals surface area contributed by atoms with Crippen LogP contribution in [0.3, 0.4) is 0 Å². The number of pyridine rings is 1. The molecule has 174 valence electrons. The number of carbonyl (C=O) groups excluding carboxylic acids is 2. The number of anilines is 1. The minimum absolute atomic E-state index is 0.231. The molecule has 0 aliphatic carbocycles. The Morgan fingerprint density at radius 2 is 1.83 bits per heavy atom. The number of amides is 2. The first-order valence-electron chi connectivity index (χ1n) is 10.6. The van der Waals surface area contributed by atoms with Crippen LogP contribution in [0.15, 0.2) is 71.4 Å². The number of nitrogens with zero attached hydrogens (tertiary/aromatic N) is 2. The van der Waals surface area contributed by atoms with Gasteiger partial charge in [-0.2, -0.15) is 0 Å². The van der Waals surface area contributed by atoms with Crippen LogP contribution in [0.5, 0.6) is 17.2 Å². The number of carbonyl (C=O) groups is 2. The van der Waals surface area contributed by atoms with Gasteiger partial charge in [0, 0.05) is 29.3 Å². The number of hydrogen-bond acceptors (Lipinski definition) is 7. The van der Waals surface area contributed by atoms with Crippen molar-refractivity contribution in [1.29, 1.82) is 0 Å². The molecule has 9 nitrogen and oxygen atoms in total. The first-order chi connectivity index (χ1) is 16.9. The van der Waals surface area contributed by atoms with Crippen LogP contribution in [-0.4, -0.2) is 29.1 Å². The minimum atomic E-state index is -0.615. The number of benzene rings is 3. The van der Waals surface area contributed by atoms with E-state index < -0.39 is 5.91 Å². The van der Waals surface area contributed by atoms with Gasteiger partial charge in [0.05, 0.1) is 23.9 Å². The van der Waals surface area contributed by atoms with Crippen LogP contribution in [0.1, 0.15) is 26.4 Å². The normalized spacial score (nSPS) is 10.9. The second-order valence-corrected chi connectivity index (χ2v) is 7.82. The molecule has 0 atom stereocenters. The van der Waals surface area contributed by atoms with Gasteiger partial charge in [0.25, 0.3) is 11.8 Å². The smallest absolute Gasteiger partial charge is 0.258 e. The van der Waals surface area contributed by atoms with E-state index >= 15 is 0 Å². The van der Waals surface area contributed by atoms with E-state index in [2.05, 4.69) is 15.5 Å². The molecule has 0 unspecified atom stereocenters. The SMILES string of the molecule is COc1cc2nccc(Oc3ccc4c(C(=O)Nc5cc(C)no5)cccc4c3)c2cc1C(N)=O. The summed E-state index contributed by atoms with van der Waals surface area (Å²) in [5, 5.41) is 8.66. The topological polar surface area (TPSA) is 130 Å². The summed E-state index contributed by atoms with van der Waals surface area (Å²) in [6.07, 6.45) is 1.61. The molecule has 0 spiro atoms. The standard InChI is InChI=1S/C26H20N4O5/c1-14-10-24(35-30-14)29-26(32)18-5-3-4-15-11-16(6-7-17(15)18)34-22-8-9-28-21-13-23(33-2)20(25(27)31)12-19(21)22/h3-13H,1-2H3,(H2,27,31)(H,29,32). The highest BCUT2D eigenvalue weighted by atomic mass is 16.5. The van der Waals surface area contributed by atoms with Gasteiger partial charge in [-0.15, -0.1) is 0 Å². The summed E-state index contributed by atoms with van der Waals surface area (Å²) in [5.74, 6) is 0.732. The lowest BCUT2D eigenvalue weighted by molar-refractivity contribution is 0.0994. The third-order valence-corrected chi connectivity index (χ3v) is 5.48. The lowest BCUT2D eigenvalue weighted by Crippen LogP contribution is -2.12. The molecule has 0 aliphatic rings. The third-order valence-electron chi connectivity index (χ3n) is 5.48. The second kappa shape index (κ2) is 8.79. The van der Waals surface area contributed by atoms with E-state index in [-0.39, 0.29) is 17.4 Å². The predicted octanol–water partition coefficient (Wildman–Crippen LogP) is 4.84. The number of rotatable bonds is 6. The molecular formula is C26H20N4O5. The van der Waals surface area contributed by atoms with Crippen LogP contribution in [0.25, 0.3) is 21.7 Å². The molecule has 9 heteroatoms. The Kier molecular flexibility index (Phi) is 5.50. The summed E-state index contributed by atoms with van der Waals surface area (Å²) < 4.78 is 16.5. The van der Waals surface area contributed by atoms with Crippen LogP contribution in [0.4, 0.5) is 5.88 Å². The van der Waals surface area contributed by atoms with Gasteiger partial charge < -0.3 is 19.7 Å². The van der Waals surface area contributed by atoms with Gasteiger partial charge in [-0.05, 0) is 54.1 Å². The number of nitrogens with two attached hydrogens (primary N) is 1. The Hall–Kier alpha value is -4.92. The van der Waals surface area contributed by atoms with E-state index in [9.17, 15) is 9.59 Å². The van der Waals surface area contributed by atoms with Crippen molar-refractivity contribution in [3.8, 4) is 17.2 Å². The van der Waals surface area contributed by atoms with Crippen molar-refractivity contribution < 1.29 is 23.6 Å². The molecule has 3 N–H and O–H groups in total. The van der Waals surface area contributed by atoms with Crippen molar-refractivity contribution in [1.82, 2.24) is 10.1 Å². The molecule has 0 aliphatic heterocycles. The maximum atomic E-state index is 12.8. The molecule has 2 amide bonds. The maximum absolute atomic E-state index is 12.8. The molecule has 0 bridgehead atoms. The fraction of sp³-hybridized carbons (Fsp3) is 0.0769. The van der Waals surface area contributed by atoms with Gasteiger partial charge in [0.1, 0.15) is 17.2 Å². The summed E-state index contributed by atoms with van der Waals surface area (Å²) in [6, 6.07) is 17.4. The number of nitrogens with one attached hydrogen (secondary N) is 1. The molecule has 2 aromatic heterocycles. The third kappa shape index (κ3) is 4.22. The second-order valence-electron chi connectivity index (χ2n) is 7.82. The van der Waals surface area contributed by atoms with Crippen LogP contribution in [0, 0.1) is 6.92 Å². The molecule has 0 radical (unpaired) electrons. The number of aromatic nitrogens is 2.